The number of amides is 1. The zero-order chi connectivity index (χ0) is 15.8. The molecule has 3 heterocycles. The van der Waals surface area contributed by atoms with Gasteiger partial charge in [0.25, 0.3) is 5.91 Å². The second-order valence-corrected chi connectivity index (χ2v) is 5.36. The van der Waals surface area contributed by atoms with E-state index in [0.29, 0.717) is 23.9 Å². The number of carbonyl (C=O) groups excluding carboxylic acids is 1. The zero-order valence-electron chi connectivity index (χ0n) is 12.6. The fourth-order valence-corrected chi connectivity index (χ4v) is 2.76. The second-order valence-electron chi connectivity index (χ2n) is 5.36. The molecule has 0 saturated carbocycles. The first-order valence-electron chi connectivity index (χ1n) is 7.43. The Labute approximate surface area is 132 Å². The van der Waals surface area contributed by atoms with E-state index in [0.717, 1.165) is 18.7 Å². The molecule has 0 radical (unpaired) electrons. The standard InChI is InChI=1S/C15H15N7O/c1-11-13(18-19-22(11)12-6-3-2-4-7-12)14(23)20-8-5-9-21-15(20)16-10-17-21/h2-4,6-7,10H,5,8-9H2,1H3. The third kappa shape index (κ3) is 2.19. The Bertz CT molecular complexity index is 852. The number of aryl methyl sites for hydroxylation is 1. The summed E-state index contributed by atoms with van der Waals surface area (Å²) >= 11 is 0. The molecule has 1 amide bonds. The van der Waals surface area contributed by atoms with Gasteiger partial charge >= 0.3 is 0 Å². The maximum atomic E-state index is 12.9. The fraction of sp³-hybridized carbons (Fsp3) is 0.267. The molecule has 116 valence electrons. The molecule has 8 heteroatoms. The summed E-state index contributed by atoms with van der Waals surface area (Å²) in [6, 6.07) is 9.62. The first kappa shape index (κ1) is 13.6. The Balaban J connectivity index is 1.70. The molecule has 23 heavy (non-hydrogen) atoms. The summed E-state index contributed by atoms with van der Waals surface area (Å²) < 4.78 is 3.40. The Morgan fingerprint density at radius 3 is 2.83 bits per heavy atom. The van der Waals surface area contributed by atoms with E-state index in [1.54, 1.807) is 14.3 Å². The average Bonchev–Trinajstić information content (AvgIpc) is 3.21. The van der Waals surface area contributed by atoms with E-state index < -0.39 is 0 Å². The molecule has 4 rings (SSSR count). The van der Waals surface area contributed by atoms with Crippen molar-refractivity contribution < 1.29 is 4.79 Å². The minimum Gasteiger partial charge on any atom is -0.275 e. The van der Waals surface area contributed by atoms with E-state index in [2.05, 4.69) is 20.4 Å². The lowest BCUT2D eigenvalue weighted by Gasteiger charge is -2.25. The lowest BCUT2D eigenvalue weighted by atomic mass is 10.2. The zero-order valence-corrected chi connectivity index (χ0v) is 12.6. The molecule has 1 aliphatic rings. The summed E-state index contributed by atoms with van der Waals surface area (Å²) in [5.41, 5.74) is 1.92. The van der Waals surface area contributed by atoms with Gasteiger partial charge < -0.3 is 0 Å². The van der Waals surface area contributed by atoms with Crippen molar-refractivity contribution in [2.24, 2.45) is 0 Å². The summed E-state index contributed by atoms with van der Waals surface area (Å²) in [7, 11) is 0. The van der Waals surface area contributed by atoms with Crippen molar-refractivity contribution in [2.75, 3.05) is 11.4 Å². The van der Waals surface area contributed by atoms with Crippen LogP contribution >= 0.6 is 0 Å². The molecule has 2 aromatic heterocycles. The van der Waals surface area contributed by atoms with Crippen LogP contribution in [0.4, 0.5) is 5.95 Å². The van der Waals surface area contributed by atoms with Gasteiger partial charge in [0.05, 0.1) is 11.4 Å². The molecule has 0 saturated heterocycles. The lowest BCUT2D eigenvalue weighted by Crippen LogP contribution is -2.38. The van der Waals surface area contributed by atoms with Gasteiger partial charge in [-0.15, -0.1) is 5.10 Å². The summed E-state index contributed by atoms with van der Waals surface area (Å²) in [6.45, 7) is 3.22. The molecular weight excluding hydrogens is 294 g/mol. The molecule has 8 nitrogen and oxygen atoms in total. The third-order valence-electron chi connectivity index (χ3n) is 3.93. The minimum absolute atomic E-state index is 0.196. The van der Waals surface area contributed by atoms with Gasteiger partial charge in [-0.25, -0.2) is 9.36 Å². The number of hydrogen-bond acceptors (Lipinski definition) is 5. The molecule has 1 aliphatic heterocycles. The molecule has 3 aromatic rings. The maximum Gasteiger partial charge on any atom is 0.283 e. The van der Waals surface area contributed by atoms with E-state index >= 15 is 0 Å². The highest BCUT2D eigenvalue weighted by atomic mass is 16.2. The quantitative estimate of drug-likeness (QED) is 0.711. The van der Waals surface area contributed by atoms with Gasteiger partial charge in [0.2, 0.25) is 5.95 Å². The van der Waals surface area contributed by atoms with Crippen LogP contribution in [0.2, 0.25) is 0 Å². The van der Waals surface area contributed by atoms with Crippen molar-refractivity contribution in [2.45, 2.75) is 19.9 Å². The van der Waals surface area contributed by atoms with Gasteiger partial charge in [0.1, 0.15) is 6.33 Å². The highest BCUT2D eigenvalue weighted by molar-refractivity contribution is 6.04. The summed E-state index contributed by atoms with van der Waals surface area (Å²) in [5, 5.41) is 12.3. The van der Waals surface area contributed by atoms with Crippen LogP contribution in [-0.4, -0.2) is 42.2 Å². The molecule has 1 aromatic carbocycles. The SMILES string of the molecule is Cc1c(C(=O)N2CCCn3ncnc32)nnn1-c1ccccc1. The number of fused-ring (bicyclic) bond motifs is 1. The normalized spacial score (nSPS) is 13.9. The van der Waals surface area contributed by atoms with Crippen molar-refractivity contribution in [1.82, 2.24) is 29.8 Å². The maximum absolute atomic E-state index is 12.9. The van der Waals surface area contributed by atoms with Crippen LogP contribution in [0.25, 0.3) is 5.69 Å². The predicted molar refractivity (Wildman–Crippen MR) is 82.4 cm³/mol. The number of hydrogen-bond donors (Lipinski definition) is 0. The van der Waals surface area contributed by atoms with E-state index in [-0.39, 0.29) is 5.91 Å². The number of nitrogens with zero attached hydrogens (tertiary/aromatic N) is 7. The average molecular weight is 309 g/mol. The number of aromatic nitrogens is 6. The van der Waals surface area contributed by atoms with Crippen LogP contribution < -0.4 is 4.90 Å². The fourth-order valence-electron chi connectivity index (χ4n) is 2.76. The van der Waals surface area contributed by atoms with Crippen molar-refractivity contribution in [1.29, 1.82) is 0 Å². The molecule has 0 fully saturated rings. The summed E-state index contributed by atoms with van der Waals surface area (Å²) in [4.78, 5) is 18.7. The number of benzene rings is 1. The van der Waals surface area contributed by atoms with Crippen molar-refractivity contribution in [3.8, 4) is 5.69 Å². The topological polar surface area (TPSA) is 81.7 Å². The van der Waals surface area contributed by atoms with Gasteiger partial charge in [-0.1, -0.05) is 23.4 Å². The highest BCUT2D eigenvalue weighted by Gasteiger charge is 2.29. The van der Waals surface area contributed by atoms with Crippen molar-refractivity contribution in [3.63, 3.8) is 0 Å². The van der Waals surface area contributed by atoms with E-state index in [1.807, 2.05) is 37.3 Å². The van der Waals surface area contributed by atoms with E-state index in [1.165, 1.54) is 6.33 Å². The van der Waals surface area contributed by atoms with Crippen LogP contribution in [-0.2, 0) is 6.54 Å². The van der Waals surface area contributed by atoms with Crippen LogP contribution in [0.15, 0.2) is 36.7 Å². The molecule has 0 aliphatic carbocycles. The highest BCUT2D eigenvalue weighted by Crippen LogP contribution is 2.20. The molecule has 0 unspecified atom stereocenters. The first-order valence-corrected chi connectivity index (χ1v) is 7.43. The van der Waals surface area contributed by atoms with Gasteiger partial charge in [-0.2, -0.15) is 10.1 Å². The first-order chi connectivity index (χ1) is 11.3. The van der Waals surface area contributed by atoms with Gasteiger partial charge in [0.15, 0.2) is 5.69 Å². The Morgan fingerprint density at radius 1 is 1.17 bits per heavy atom. The molecule has 0 bridgehead atoms. The van der Waals surface area contributed by atoms with E-state index in [9.17, 15) is 4.79 Å². The smallest absolute Gasteiger partial charge is 0.275 e. The number of para-hydroxylation sites is 1. The Hall–Kier alpha value is -3.03. The summed E-state index contributed by atoms with van der Waals surface area (Å²) in [6.07, 6.45) is 2.31. The van der Waals surface area contributed by atoms with E-state index in [4.69, 9.17) is 0 Å². The van der Waals surface area contributed by atoms with Crippen LogP contribution in [0.1, 0.15) is 22.6 Å². The minimum atomic E-state index is -0.196. The van der Waals surface area contributed by atoms with Crippen molar-refractivity contribution in [3.05, 3.63) is 48.0 Å². The van der Waals surface area contributed by atoms with Gasteiger partial charge in [-0.05, 0) is 25.5 Å². The van der Waals surface area contributed by atoms with Crippen LogP contribution in [0.3, 0.4) is 0 Å². The Morgan fingerprint density at radius 2 is 2.00 bits per heavy atom. The molecular formula is C15H15N7O. The van der Waals surface area contributed by atoms with Gasteiger partial charge in [-0.3, -0.25) is 9.69 Å². The lowest BCUT2D eigenvalue weighted by molar-refractivity contribution is 0.0975. The molecule has 0 spiro atoms. The summed E-state index contributed by atoms with van der Waals surface area (Å²) in [5.74, 6) is 0.369. The van der Waals surface area contributed by atoms with Crippen LogP contribution in [0, 0.1) is 6.92 Å². The number of rotatable bonds is 2. The largest absolute Gasteiger partial charge is 0.283 e. The number of carbonyl (C=O) groups is 1. The van der Waals surface area contributed by atoms with Crippen LogP contribution in [0.5, 0.6) is 0 Å². The molecule has 0 atom stereocenters. The predicted octanol–water partition coefficient (Wildman–Crippen LogP) is 1.22. The monoisotopic (exact) mass is 309 g/mol. The third-order valence-corrected chi connectivity index (χ3v) is 3.93. The second kappa shape index (κ2) is 5.31. The Kier molecular flexibility index (Phi) is 3.14. The van der Waals surface area contributed by atoms with Gasteiger partial charge in [0, 0.05) is 13.1 Å². The van der Waals surface area contributed by atoms with Crippen molar-refractivity contribution >= 4 is 11.9 Å². The molecule has 0 N–H and O–H groups in total. The number of anilines is 1.